The fraction of sp³-hybridized carbons (Fsp3) is 0.750. The van der Waals surface area contributed by atoms with Crippen molar-refractivity contribution in [2.45, 2.75) is 50.4 Å². The highest BCUT2D eigenvalue weighted by Gasteiger charge is 2.46. The van der Waals surface area contributed by atoms with E-state index >= 15 is 0 Å². The number of nitrogens with one attached hydrogen (secondary N) is 1. The van der Waals surface area contributed by atoms with E-state index in [4.69, 9.17) is 4.42 Å². The molecular weight excluding hydrogens is 248 g/mol. The molecule has 1 heterocycles. The van der Waals surface area contributed by atoms with Gasteiger partial charge in [0, 0.05) is 18.7 Å². The molecule has 98 valence electrons. The molecule has 0 spiro atoms. The van der Waals surface area contributed by atoms with Gasteiger partial charge in [-0.2, -0.15) is 5.26 Å². The summed E-state index contributed by atoms with van der Waals surface area (Å²) >= 11 is 1.46. The molecule has 1 fully saturated rings. The Hall–Kier alpha value is -1.06. The number of hydrogen-bond donors (Lipinski definition) is 1. The largest absolute Gasteiger partial charge is 0.416 e. The van der Waals surface area contributed by atoms with Crippen LogP contribution in [0, 0.1) is 24.2 Å². The third-order valence-corrected chi connectivity index (χ3v) is 3.96. The molecule has 0 saturated heterocycles. The molecule has 0 amide bonds. The van der Waals surface area contributed by atoms with Crippen molar-refractivity contribution in [3.63, 3.8) is 0 Å². The van der Waals surface area contributed by atoms with Gasteiger partial charge in [-0.1, -0.05) is 11.8 Å². The Morgan fingerprint density at radius 1 is 1.56 bits per heavy atom. The van der Waals surface area contributed by atoms with Gasteiger partial charge in [0.25, 0.3) is 5.22 Å². The lowest BCUT2D eigenvalue weighted by Crippen LogP contribution is -2.51. The molecule has 0 aliphatic heterocycles. The van der Waals surface area contributed by atoms with Gasteiger partial charge in [0.15, 0.2) is 0 Å². The first kappa shape index (κ1) is 13.4. The molecule has 1 aromatic heterocycles. The smallest absolute Gasteiger partial charge is 0.276 e. The van der Waals surface area contributed by atoms with Crippen LogP contribution in [0.4, 0.5) is 0 Å². The Balaban J connectivity index is 2.03. The predicted molar refractivity (Wildman–Crippen MR) is 69.1 cm³/mol. The van der Waals surface area contributed by atoms with Crippen LogP contribution < -0.4 is 5.32 Å². The average molecular weight is 266 g/mol. The maximum atomic E-state index is 9.53. The summed E-state index contributed by atoms with van der Waals surface area (Å²) in [5.41, 5.74) is -0.471. The van der Waals surface area contributed by atoms with E-state index in [1.807, 2.05) is 0 Å². The third kappa shape index (κ3) is 3.03. The zero-order chi connectivity index (χ0) is 13.2. The van der Waals surface area contributed by atoms with Gasteiger partial charge in [-0.3, -0.25) is 5.32 Å². The lowest BCUT2D eigenvalue weighted by Gasteiger charge is -2.29. The van der Waals surface area contributed by atoms with Crippen molar-refractivity contribution < 1.29 is 4.42 Å². The van der Waals surface area contributed by atoms with Crippen molar-refractivity contribution in [1.29, 1.82) is 5.26 Å². The minimum atomic E-state index is -0.471. The molecule has 0 aromatic carbocycles. The number of nitriles is 1. The van der Waals surface area contributed by atoms with Crippen molar-refractivity contribution in [3.8, 4) is 6.07 Å². The van der Waals surface area contributed by atoms with Crippen molar-refractivity contribution in [2.75, 3.05) is 5.75 Å². The van der Waals surface area contributed by atoms with Gasteiger partial charge in [-0.15, -0.1) is 10.2 Å². The SMILES string of the molecule is Cc1nnc(SCC(C#N)(NC(C)C)C2CC2)o1. The van der Waals surface area contributed by atoms with E-state index in [-0.39, 0.29) is 6.04 Å². The maximum Gasteiger partial charge on any atom is 0.276 e. The highest BCUT2D eigenvalue weighted by atomic mass is 32.2. The van der Waals surface area contributed by atoms with Gasteiger partial charge in [-0.25, -0.2) is 0 Å². The summed E-state index contributed by atoms with van der Waals surface area (Å²) in [7, 11) is 0. The van der Waals surface area contributed by atoms with E-state index in [9.17, 15) is 5.26 Å². The van der Waals surface area contributed by atoms with Crippen molar-refractivity contribution >= 4 is 11.8 Å². The molecule has 5 nitrogen and oxygen atoms in total. The topological polar surface area (TPSA) is 74.7 Å². The fourth-order valence-corrected chi connectivity index (χ4v) is 3.05. The molecule has 1 atom stereocenters. The van der Waals surface area contributed by atoms with Crippen LogP contribution in [-0.4, -0.2) is 27.5 Å². The summed E-state index contributed by atoms with van der Waals surface area (Å²) in [6.07, 6.45) is 2.24. The molecule has 1 N–H and O–H groups in total. The standard InChI is InChI=1S/C12H18N4OS/c1-8(2)14-12(6-13,10-4-5-10)7-18-11-16-15-9(3)17-11/h8,10,14H,4-5,7H2,1-3H3. The van der Waals surface area contributed by atoms with Crippen LogP contribution in [-0.2, 0) is 0 Å². The normalized spacial score (nSPS) is 18.6. The summed E-state index contributed by atoms with van der Waals surface area (Å²) in [6.45, 7) is 5.90. The van der Waals surface area contributed by atoms with E-state index in [0.29, 0.717) is 22.8 Å². The van der Waals surface area contributed by atoms with Crippen LogP contribution in [0.25, 0.3) is 0 Å². The second-order valence-corrected chi connectivity index (χ2v) is 5.96. The third-order valence-electron chi connectivity index (χ3n) is 2.95. The van der Waals surface area contributed by atoms with E-state index in [1.165, 1.54) is 11.8 Å². The molecule has 18 heavy (non-hydrogen) atoms. The summed E-state index contributed by atoms with van der Waals surface area (Å²) in [5, 5.41) is 21.2. The number of thioether (sulfide) groups is 1. The first-order valence-electron chi connectivity index (χ1n) is 6.17. The lowest BCUT2D eigenvalue weighted by atomic mass is 9.96. The fourth-order valence-electron chi connectivity index (χ4n) is 2.04. The quantitative estimate of drug-likeness (QED) is 0.795. The van der Waals surface area contributed by atoms with Crippen molar-refractivity contribution in [1.82, 2.24) is 15.5 Å². The van der Waals surface area contributed by atoms with Gasteiger partial charge >= 0.3 is 0 Å². The summed E-state index contributed by atoms with van der Waals surface area (Å²) in [4.78, 5) is 0. The molecular formula is C12H18N4OS. The zero-order valence-electron chi connectivity index (χ0n) is 10.9. The van der Waals surface area contributed by atoms with Gasteiger partial charge in [-0.05, 0) is 32.6 Å². The van der Waals surface area contributed by atoms with Gasteiger partial charge in [0.05, 0.1) is 6.07 Å². The second kappa shape index (κ2) is 5.29. The van der Waals surface area contributed by atoms with Gasteiger partial charge in [0.2, 0.25) is 5.89 Å². The monoisotopic (exact) mass is 266 g/mol. The Morgan fingerprint density at radius 2 is 2.28 bits per heavy atom. The molecule has 1 saturated carbocycles. The number of hydrogen-bond acceptors (Lipinski definition) is 6. The second-order valence-electron chi connectivity index (χ2n) is 5.03. The van der Waals surface area contributed by atoms with Crippen LogP contribution in [0.1, 0.15) is 32.6 Å². The Kier molecular flexibility index (Phi) is 3.93. The van der Waals surface area contributed by atoms with E-state index in [2.05, 4.69) is 35.4 Å². The minimum absolute atomic E-state index is 0.287. The van der Waals surface area contributed by atoms with E-state index in [1.54, 1.807) is 6.92 Å². The molecule has 1 unspecified atom stereocenters. The van der Waals surface area contributed by atoms with Crippen molar-refractivity contribution in [2.24, 2.45) is 5.92 Å². The first-order valence-corrected chi connectivity index (χ1v) is 7.16. The highest BCUT2D eigenvalue weighted by molar-refractivity contribution is 7.99. The lowest BCUT2D eigenvalue weighted by molar-refractivity contribution is 0.368. The molecule has 2 rings (SSSR count). The number of aromatic nitrogens is 2. The minimum Gasteiger partial charge on any atom is -0.416 e. The van der Waals surface area contributed by atoms with Gasteiger partial charge < -0.3 is 4.42 Å². The zero-order valence-corrected chi connectivity index (χ0v) is 11.8. The average Bonchev–Trinajstić information content (AvgIpc) is 3.09. The molecule has 1 aromatic rings. The summed E-state index contributed by atoms with van der Waals surface area (Å²) in [5.74, 6) is 1.65. The summed E-state index contributed by atoms with van der Waals surface area (Å²) < 4.78 is 5.33. The van der Waals surface area contributed by atoms with Crippen LogP contribution in [0.5, 0.6) is 0 Å². The molecule has 1 aliphatic carbocycles. The van der Waals surface area contributed by atoms with Crippen LogP contribution >= 0.6 is 11.8 Å². The van der Waals surface area contributed by atoms with Gasteiger partial charge in [0.1, 0.15) is 5.54 Å². The molecule has 1 aliphatic rings. The number of aryl methyl sites for hydroxylation is 1. The number of rotatable bonds is 6. The summed E-state index contributed by atoms with van der Waals surface area (Å²) in [6, 6.07) is 2.75. The molecule has 6 heteroatoms. The van der Waals surface area contributed by atoms with E-state index < -0.39 is 5.54 Å². The van der Waals surface area contributed by atoms with Crippen LogP contribution in [0.3, 0.4) is 0 Å². The van der Waals surface area contributed by atoms with Crippen molar-refractivity contribution in [3.05, 3.63) is 5.89 Å². The van der Waals surface area contributed by atoms with Crippen LogP contribution in [0.2, 0.25) is 0 Å². The Bertz CT molecular complexity index is 449. The molecule has 0 bridgehead atoms. The first-order chi connectivity index (χ1) is 8.55. The maximum absolute atomic E-state index is 9.53. The highest BCUT2D eigenvalue weighted by Crippen LogP contribution is 2.42. The number of nitrogens with zero attached hydrogens (tertiary/aromatic N) is 3. The predicted octanol–water partition coefficient (Wildman–Crippen LogP) is 2.14. The Morgan fingerprint density at radius 3 is 2.72 bits per heavy atom. The van der Waals surface area contributed by atoms with E-state index in [0.717, 1.165) is 12.8 Å². The molecule has 0 radical (unpaired) electrons. The van der Waals surface area contributed by atoms with Crippen LogP contribution in [0.15, 0.2) is 9.64 Å². The Labute approximate surface area is 111 Å².